The number of benzene rings is 2. The molecular formula is C20H16F3N5O2S. The second-order valence-corrected chi connectivity index (χ2v) is 8.95. The summed E-state index contributed by atoms with van der Waals surface area (Å²) in [5.41, 5.74) is 7.54. The van der Waals surface area contributed by atoms with Gasteiger partial charge >= 0.3 is 6.18 Å². The van der Waals surface area contributed by atoms with Gasteiger partial charge in [0, 0.05) is 11.8 Å². The molecule has 0 radical (unpaired) electrons. The lowest BCUT2D eigenvalue weighted by molar-refractivity contribution is -0.137. The third-order valence-corrected chi connectivity index (χ3v) is 5.46. The minimum Gasteiger partial charge on any atom is -0.383 e. The Bertz CT molecular complexity index is 1410. The number of sulfone groups is 1. The van der Waals surface area contributed by atoms with Crippen LogP contribution < -0.4 is 5.73 Å². The second-order valence-electron chi connectivity index (χ2n) is 7.04. The topological polar surface area (TPSA) is 104 Å². The number of rotatable bonds is 3. The molecule has 0 fully saturated rings. The second kappa shape index (κ2) is 7.05. The molecule has 11 heteroatoms. The van der Waals surface area contributed by atoms with Crippen molar-refractivity contribution in [3.63, 3.8) is 0 Å². The number of fused-ring (bicyclic) bond motifs is 1. The molecule has 0 amide bonds. The monoisotopic (exact) mass is 447 g/mol. The first kappa shape index (κ1) is 20.8. The first-order valence-corrected chi connectivity index (χ1v) is 10.9. The molecule has 2 aromatic carbocycles. The van der Waals surface area contributed by atoms with Gasteiger partial charge in [-0.2, -0.15) is 18.2 Å². The quantitative estimate of drug-likeness (QED) is 0.479. The third-order valence-electron chi connectivity index (χ3n) is 4.61. The van der Waals surface area contributed by atoms with Crippen LogP contribution in [0.1, 0.15) is 11.1 Å². The first-order valence-electron chi connectivity index (χ1n) is 8.96. The van der Waals surface area contributed by atoms with E-state index in [1.807, 2.05) is 19.1 Å². The first-order chi connectivity index (χ1) is 14.4. The predicted molar refractivity (Wildman–Crippen MR) is 109 cm³/mol. The van der Waals surface area contributed by atoms with E-state index in [1.54, 1.807) is 12.1 Å². The highest BCUT2D eigenvalue weighted by molar-refractivity contribution is 7.90. The lowest BCUT2D eigenvalue weighted by atomic mass is 10.1. The smallest absolute Gasteiger partial charge is 0.383 e. The van der Waals surface area contributed by atoms with Crippen LogP contribution in [-0.2, 0) is 16.0 Å². The molecule has 2 heterocycles. The van der Waals surface area contributed by atoms with Crippen LogP contribution in [0.3, 0.4) is 0 Å². The van der Waals surface area contributed by atoms with E-state index in [0.717, 1.165) is 24.0 Å². The Morgan fingerprint density at radius 2 is 1.71 bits per heavy atom. The zero-order chi connectivity index (χ0) is 22.6. The number of hydrogen-bond donors (Lipinski definition) is 1. The van der Waals surface area contributed by atoms with E-state index in [0.29, 0.717) is 10.9 Å². The maximum absolute atomic E-state index is 12.9. The standard InChI is InChI=1S/C20H16F3N5O2S/c1-11-4-3-5-12(10-11)16-15-17(24)28(14-8-6-13(7-9-14)20(21,22)23)27-18(15)26-19(25-16)31(2,29)30/h3-10H,24H2,1-2H3. The number of alkyl halides is 3. The Labute approximate surface area is 175 Å². The molecule has 0 saturated carbocycles. The Morgan fingerprint density at radius 3 is 2.29 bits per heavy atom. The Kier molecular flexibility index (Phi) is 4.73. The van der Waals surface area contributed by atoms with Crippen LogP contribution in [0.15, 0.2) is 53.7 Å². The summed E-state index contributed by atoms with van der Waals surface area (Å²) in [7, 11) is -3.76. The average molecular weight is 447 g/mol. The van der Waals surface area contributed by atoms with E-state index in [1.165, 1.54) is 16.8 Å². The van der Waals surface area contributed by atoms with Crippen LogP contribution in [0.5, 0.6) is 0 Å². The normalized spacial score (nSPS) is 12.4. The maximum atomic E-state index is 12.9. The zero-order valence-electron chi connectivity index (χ0n) is 16.3. The number of hydrogen-bond acceptors (Lipinski definition) is 6. The van der Waals surface area contributed by atoms with Crippen molar-refractivity contribution in [2.45, 2.75) is 18.3 Å². The fourth-order valence-electron chi connectivity index (χ4n) is 3.15. The third kappa shape index (κ3) is 3.83. The fourth-order valence-corrected chi connectivity index (χ4v) is 3.66. The van der Waals surface area contributed by atoms with Crippen molar-refractivity contribution in [2.24, 2.45) is 0 Å². The summed E-state index contributed by atoms with van der Waals surface area (Å²) in [4.78, 5) is 8.24. The molecule has 31 heavy (non-hydrogen) atoms. The predicted octanol–water partition coefficient (Wildman–Crippen LogP) is 3.80. The van der Waals surface area contributed by atoms with Gasteiger partial charge in [-0.1, -0.05) is 23.8 Å². The van der Waals surface area contributed by atoms with Crippen molar-refractivity contribution in [1.29, 1.82) is 0 Å². The van der Waals surface area contributed by atoms with Crippen molar-refractivity contribution in [3.8, 4) is 16.9 Å². The van der Waals surface area contributed by atoms with Gasteiger partial charge in [0.25, 0.3) is 0 Å². The molecule has 2 aromatic heterocycles. The van der Waals surface area contributed by atoms with Gasteiger partial charge < -0.3 is 5.73 Å². The summed E-state index contributed by atoms with van der Waals surface area (Å²) in [6.45, 7) is 1.87. The van der Waals surface area contributed by atoms with Gasteiger partial charge in [-0.05, 0) is 37.3 Å². The van der Waals surface area contributed by atoms with E-state index in [4.69, 9.17) is 5.73 Å². The van der Waals surface area contributed by atoms with E-state index in [-0.39, 0.29) is 22.8 Å². The van der Waals surface area contributed by atoms with Crippen molar-refractivity contribution < 1.29 is 21.6 Å². The molecule has 0 aliphatic rings. The van der Waals surface area contributed by atoms with Crippen LogP contribution >= 0.6 is 0 Å². The SMILES string of the molecule is Cc1cccc(-c2nc(S(C)(=O)=O)nc3nn(-c4ccc(C(F)(F)F)cc4)c(N)c23)c1. The van der Waals surface area contributed by atoms with Gasteiger partial charge in [-0.3, -0.25) is 0 Å². The van der Waals surface area contributed by atoms with Gasteiger partial charge in [0.15, 0.2) is 5.65 Å². The van der Waals surface area contributed by atoms with E-state index < -0.39 is 26.7 Å². The van der Waals surface area contributed by atoms with Crippen molar-refractivity contribution in [3.05, 3.63) is 59.7 Å². The van der Waals surface area contributed by atoms with Gasteiger partial charge in [0.05, 0.1) is 22.3 Å². The molecule has 2 N–H and O–H groups in total. The van der Waals surface area contributed by atoms with Crippen LogP contribution in [0.25, 0.3) is 28.0 Å². The minimum absolute atomic E-state index is 0.0179. The van der Waals surface area contributed by atoms with Gasteiger partial charge in [0.1, 0.15) is 5.82 Å². The summed E-state index contributed by atoms with van der Waals surface area (Å²) in [6.07, 6.45) is -3.50. The molecule has 0 bridgehead atoms. The van der Waals surface area contributed by atoms with Crippen LogP contribution in [0, 0.1) is 6.92 Å². The molecule has 0 saturated heterocycles. The molecule has 7 nitrogen and oxygen atoms in total. The van der Waals surface area contributed by atoms with Gasteiger partial charge in [0.2, 0.25) is 15.0 Å². The molecule has 0 atom stereocenters. The highest BCUT2D eigenvalue weighted by Gasteiger charge is 2.30. The summed E-state index contributed by atoms with van der Waals surface area (Å²) in [6, 6.07) is 11.5. The summed E-state index contributed by atoms with van der Waals surface area (Å²) < 4.78 is 64.1. The summed E-state index contributed by atoms with van der Waals surface area (Å²) in [5.74, 6) is 0.0753. The average Bonchev–Trinajstić information content (AvgIpc) is 3.03. The zero-order valence-corrected chi connectivity index (χ0v) is 17.2. The molecule has 0 aliphatic heterocycles. The molecule has 4 aromatic rings. The number of aryl methyl sites for hydroxylation is 1. The van der Waals surface area contributed by atoms with Crippen molar-refractivity contribution >= 4 is 26.7 Å². The number of nitrogen functional groups attached to an aromatic ring is 1. The van der Waals surface area contributed by atoms with E-state index in [2.05, 4.69) is 15.1 Å². The molecule has 0 unspecified atom stereocenters. The lowest BCUT2D eigenvalue weighted by Gasteiger charge is -2.09. The number of halogens is 3. The van der Waals surface area contributed by atoms with E-state index in [9.17, 15) is 21.6 Å². The van der Waals surface area contributed by atoms with E-state index >= 15 is 0 Å². The molecule has 0 spiro atoms. The molecular weight excluding hydrogens is 431 g/mol. The van der Waals surface area contributed by atoms with Gasteiger partial charge in [-0.15, -0.1) is 5.10 Å². The fraction of sp³-hybridized carbons (Fsp3) is 0.150. The minimum atomic E-state index is -4.48. The Balaban J connectivity index is 1.99. The molecule has 0 aliphatic carbocycles. The number of anilines is 1. The molecule has 160 valence electrons. The van der Waals surface area contributed by atoms with Crippen molar-refractivity contribution in [1.82, 2.24) is 19.7 Å². The maximum Gasteiger partial charge on any atom is 0.416 e. The number of nitrogens with zero attached hydrogens (tertiary/aromatic N) is 4. The highest BCUT2D eigenvalue weighted by atomic mass is 32.2. The van der Waals surface area contributed by atoms with Crippen LogP contribution in [-0.4, -0.2) is 34.4 Å². The number of nitrogens with two attached hydrogens (primary N) is 1. The Morgan fingerprint density at radius 1 is 1.03 bits per heavy atom. The van der Waals surface area contributed by atoms with Crippen molar-refractivity contribution in [2.75, 3.05) is 12.0 Å². The largest absolute Gasteiger partial charge is 0.416 e. The lowest BCUT2D eigenvalue weighted by Crippen LogP contribution is -2.06. The van der Waals surface area contributed by atoms with Crippen LogP contribution in [0.2, 0.25) is 0 Å². The summed E-state index contributed by atoms with van der Waals surface area (Å²) in [5, 5.41) is 4.13. The summed E-state index contributed by atoms with van der Waals surface area (Å²) >= 11 is 0. The van der Waals surface area contributed by atoms with Gasteiger partial charge in [-0.25, -0.2) is 18.1 Å². The molecule has 4 rings (SSSR count). The number of aromatic nitrogens is 4. The highest BCUT2D eigenvalue weighted by Crippen LogP contribution is 2.34. The van der Waals surface area contributed by atoms with Crippen LogP contribution in [0.4, 0.5) is 19.0 Å². The Hall–Kier alpha value is -3.47.